The van der Waals surface area contributed by atoms with Crippen molar-refractivity contribution < 1.29 is 14.3 Å². The molecule has 3 saturated heterocycles. The minimum Gasteiger partial charge on any atom is -0.490 e. The van der Waals surface area contributed by atoms with Crippen LogP contribution in [0.25, 0.3) is 22.2 Å². The number of carbonyl (C=O) groups is 1. The Kier molecular flexibility index (Phi) is 7.11. The normalized spacial score (nSPS) is 25.1. The van der Waals surface area contributed by atoms with E-state index in [4.69, 9.17) is 9.47 Å². The van der Waals surface area contributed by atoms with Gasteiger partial charge >= 0.3 is 0 Å². The Labute approximate surface area is 252 Å². The van der Waals surface area contributed by atoms with E-state index in [0.717, 1.165) is 72.5 Å². The first-order valence-corrected chi connectivity index (χ1v) is 16.0. The molecule has 1 saturated carbocycles. The van der Waals surface area contributed by atoms with Crippen LogP contribution in [0.3, 0.4) is 0 Å². The Morgan fingerprint density at radius 2 is 1.74 bits per heavy atom. The van der Waals surface area contributed by atoms with Crippen molar-refractivity contribution in [2.45, 2.75) is 81.6 Å². The van der Waals surface area contributed by atoms with Crippen molar-refractivity contribution >= 4 is 16.8 Å². The molecule has 1 amide bonds. The molecule has 43 heavy (non-hydrogen) atoms. The molecule has 1 aliphatic carbocycles. The lowest BCUT2D eigenvalue weighted by Gasteiger charge is -2.46. The van der Waals surface area contributed by atoms with Gasteiger partial charge in [-0.1, -0.05) is 18.9 Å². The highest BCUT2D eigenvalue weighted by molar-refractivity contribution is 6.01. The van der Waals surface area contributed by atoms with Crippen molar-refractivity contribution in [3.8, 4) is 17.0 Å². The van der Waals surface area contributed by atoms with Gasteiger partial charge in [0.25, 0.3) is 5.91 Å². The van der Waals surface area contributed by atoms with Crippen molar-refractivity contribution in [2.24, 2.45) is 5.92 Å². The monoisotopic (exact) mass is 577 g/mol. The van der Waals surface area contributed by atoms with Crippen LogP contribution in [-0.4, -0.2) is 63.4 Å². The largest absolute Gasteiger partial charge is 0.490 e. The number of pyridine rings is 1. The van der Waals surface area contributed by atoms with Crippen LogP contribution in [0.5, 0.6) is 5.75 Å². The maximum Gasteiger partial charge on any atom is 0.251 e. The molecule has 4 aromatic rings. The molecule has 0 spiro atoms. The molecular weight excluding hydrogens is 538 g/mol. The molecule has 8 nitrogen and oxygen atoms in total. The zero-order chi connectivity index (χ0) is 28.8. The molecule has 0 unspecified atom stereocenters. The minimum absolute atomic E-state index is 0.0785. The first-order chi connectivity index (χ1) is 21.2. The van der Waals surface area contributed by atoms with Crippen molar-refractivity contribution in [3.63, 3.8) is 0 Å². The smallest absolute Gasteiger partial charge is 0.251 e. The second kappa shape index (κ2) is 11.4. The predicted octanol–water partition coefficient (Wildman–Crippen LogP) is 6.06. The van der Waals surface area contributed by atoms with E-state index in [1.807, 2.05) is 42.6 Å². The number of nitrogens with one attached hydrogen (secondary N) is 2. The number of fused-ring (bicyclic) bond motifs is 3. The molecule has 4 atom stereocenters. The van der Waals surface area contributed by atoms with Gasteiger partial charge in [0.15, 0.2) is 0 Å². The number of benzene rings is 2. The molecule has 5 heterocycles. The lowest BCUT2D eigenvalue weighted by molar-refractivity contribution is -0.102. The van der Waals surface area contributed by atoms with Gasteiger partial charge in [0.2, 0.25) is 0 Å². The third-order valence-electron chi connectivity index (χ3n) is 10.2. The summed E-state index contributed by atoms with van der Waals surface area (Å²) in [7, 11) is 0. The van der Waals surface area contributed by atoms with Crippen molar-refractivity contribution in [1.29, 1.82) is 0 Å². The van der Waals surface area contributed by atoms with Gasteiger partial charge in [0, 0.05) is 34.8 Å². The second-order valence-corrected chi connectivity index (χ2v) is 12.8. The quantitative estimate of drug-likeness (QED) is 0.265. The Morgan fingerprint density at radius 3 is 2.44 bits per heavy atom. The number of ether oxygens (including phenoxy) is 2. The lowest BCUT2D eigenvalue weighted by atomic mass is 9.94. The number of amides is 1. The summed E-state index contributed by atoms with van der Waals surface area (Å²) in [6.45, 7) is 1.78. The number of hydrogen-bond acceptors (Lipinski definition) is 6. The fraction of sp³-hybridized carbons (Fsp3) is 0.457. The number of carbonyl (C=O) groups excluding carboxylic acids is 1. The molecule has 8 heteroatoms. The van der Waals surface area contributed by atoms with Crippen molar-refractivity contribution in [2.75, 3.05) is 13.2 Å². The lowest BCUT2D eigenvalue weighted by Crippen LogP contribution is -2.57. The van der Waals surface area contributed by atoms with Gasteiger partial charge in [-0.2, -0.15) is 5.10 Å². The summed E-state index contributed by atoms with van der Waals surface area (Å²) in [6.07, 6.45) is 11.4. The number of nitrogens with zero attached hydrogens (tertiary/aromatic N) is 3. The molecule has 2 N–H and O–H groups in total. The number of hydrogen-bond donors (Lipinski definition) is 2. The average Bonchev–Trinajstić information content (AvgIpc) is 3.75. The number of aromatic nitrogens is 3. The summed E-state index contributed by atoms with van der Waals surface area (Å²) in [4.78, 5) is 20.9. The Hall–Kier alpha value is -3.75. The molecule has 2 aromatic heterocycles. The first kappa shape index (κ1) is 26.8. The number of H-pyrrole nitrogens is 1. The van der Waals surface area contributed by atoms with E-state index in [-0.39, 0.29) is 18.1 Å². The Morgan fingerprint density at radius 1 is 0.953 bits per heavy atom. The van der Waals surface area contributed by atoms with Crippen LogP contribution >= 0.6 is 0 Å². The van der Waals surface area contributed by atoms with Crippen LogP contribution in [0.1, 0.15) is 73.5 Å². The van der Waals surface area contributed by atoms with Crippen LogP contribution in [0, 0.1) is 5.92 Å². The number of aromatic amines is 1. The summed E-state index contributed by atoms with van der Waals surface area (Å²) < 4.78 is 12.0. The van der Waals surface area contributed by atoms with E-state index >= 15 is 0 Å². The number of piperidine rings is 1. The van der Waals surface area contributed by atoms with Crippen molar-refractivity contribution in [3.05, 3.63) is 78.1 Å². The highest BCUT2D eigenvalue weighted by atomic mass is 16.5. The summed E-state index contributed by atoms with van der Waals surface area (Å²) >= 11 is 0. The Bertz CT molecular complexity index is 1560. The van der Waals surface area contributed by atoms with E-state index in [0.29, 0.717) is 29.6 Å². The number of rotatable bonds is 8. The minimum atomic E-state index is -0.0853. The van der Waals surface area contributed by atoms with E-state index in [9.17, 15) is 4.79 Å². The molecule has 222 valence electrons. The van der Waals surface area contributed by atoms with Crippen LogP contribution in [-0.2, 0) is 4.74 Å². The summed E-state index contributed by atoms with van der Waals surface area (Å²) in [6, 6.07) is 21.7. The van der Waals surface area contributed by atoms with Crippen LogP contribution < -0.4 is 10.1 Å². The van der Waals surface area contributed by atoms with E-state index < -0.39 is 0 Å². The highest BCUT2D eigenvalue weighted by Gasteiger charge is 2.46. The highest BCUT2D eigenvalue weighted by Crippen LogP contribution is 2.40. The first-order valence-electron chi connectivity index (χ1n) is 16.0. The zero-order valence-corrected chi connectivity index (χ0v) is 24.5. The molecule has 3 aliphatic heterocycles. The topological polar surface area (TPSA) is 92.4 Å². The summed E-state index contributed by atoms with van der Waals surface area (Å²) in [5.74, 6) is 1.24. The van der Waals surface area contributed by atoms with Crippen LogP contribution in [0.2, 0.25) is 0 Å². The molecule has 2 bridgehead atoms. The fourth-order valence-electron chi connectivity index (χ4n) is 8.02. The van der Waals surface area contributed by atoms with Crippen LogP contribution in [0.4, 0.5) is 0 Å². The SMILES string of the molecule is O=C(N[C@H](c1ccccn1)C1CCCC1)c1ccc2[nH]nc(-c3ccc(O[C@H]4C[C@H]5CC[C@@H](C4)N5C4COC4)cc3)c2c1. The third kappa shape index (κ3) is 5.21. The van der Waals surface area contributed by atoms with Gasteiger partial charge in [-0.3, -0.25) is 19.8 Å². The van der Waals surface area contributed by atoms with Gasteiger partial charge in [0.05, 0.1) is 42.2 Å². The molecule has 8 rings (SSSR count). The van der Waals surface area contributed by atoms with Gasteiger partial charge in [0.1, 0.15) is 11.9 Å². The molecule has 0 radical (unpaired) electrons. The summed E-state index contributed by atoms with van der Waals surface area (Å²) in [5.41, 5.74) is 4.29. The van der Waals surface area contributed by atoms with E-state index in [1.54, 1.807) is 0 Å². The summed E-state index contributed by atoms with van der Waals surface area (Å²) in [5, 5.41) is 12.0. The van der Waals surface area contributed by atoms with Gasteiger partial charge in [-0.05, 0) is 99.0 Å². The van der Waals surface area contributed by atoms with Gasteiger partial charge in [-0.25, -0.2) is 0 Å². The predicted molar refractivity (Wildman–Crippen MR) is 165 cm³/mol. The van der Waals surface area contributed by atoms with Gasteiger partial charge < -0.3 is 14.8 Å². The fourth-order valence-corrected chi connectivity index (χ4v) is 8.02. The molecule has 4 aliphatic rings. The van der Waals surface area contributed by atoms with E-state index in [1.165, 1.54) is 25.7 Å². The standard InChI is InChI=1S/C35H39N5O3/c41-35(37-34(22-5-1-2-6-22)32-7-3-4-16-36-32)24-10-15-31-30(17-24)33(39-38-31)23-8-13-28(14-9-23)43-29-18-25-11-12-26(19-29)40(25)27-20-42-21-27/h3-4,7-10,13-17,22,25-27,29,34H,1-2,5-6,11-12,18-21H2,(H,37,41)(H,38,39)/t25-,26+,29+,34-/m0/s1. The maximum absolute atomic E-state index is 13.6. The average molecular weight is 578 g/mol. The third-order valence-corrected chi connectivity index (χ3v) is 10.2. The molecular formula is C35H39N5O3. The van der Waals surface area contributed by atoms with Crippen LogP contribution in [0.15, 0.2) is 66.9 Å². The zero-order valence-electron chi connectivity index (χ0n) is 24.5. The second-order valence-electron chi connectivity index (χ2n) is 12.8. The Balaban J connectivity index is 0.974. The maximum atomic E-state index is 13.6. The molecule has 2 aromatic carbocycles. The van der Waals surface area contributed by atoms with Crippen molar-refractivity contribution in [1.82, 2.24) is 25.4 Å². The van der Waals surface area contributed by atoms with Gasteiger partial charge in [-0.15, -0.1) is 0 Å². The molecule has 4 fully saturated rings. The van der Waals surface area contributed by atoms with E-state index in [2.05, 4.69) is 49.7 Å².